The predicted molar refractivity (Wildman–Crippen MR) is 83.9 cm³/mol. The molecule has 2 rings (SSSR count). The van der Waals surface area contributed by atoms with E-state index in [0.717, 1.165) is 0 Å². The summed E-state index contributed by atoms with van der Waals surface area (Å²) in [5.41, 5.74) is 1.06. The smallest absolute Gasteiger partial charge is 0.311 e. The van der Waals surface area contributed by atoms with Crippen molar-refractivity contribution >= 4 is 22.3 Å². The normalized spacial score (nSPS) is 11.0. The van der Waals surface area contributed by atoms with Gasteiger partial charge in [-0.25, -0.2) is 4.98 Å². The molecule has 0 saturated heterocycles. The van der Waals surface area contributed by atoms with Gasteiger partial charge in [0.15, 0.2) is 6.29 Å². The van der Waals surface area contributed by atoms with E-state index in [9.17, 15) is 10.1 Å². The maximum atomic E-state index is 11.2. The summed E-state index contributed by atoms with van der Waals surface area (Å²) in [6.45, 7) is 5.07. The molecule has 0 spiro atoms. The summed E-state index contributed by atoms with van der Waals surface area (Å²) in [6, 6.07) is 7.27. The highest BCUT2D eigenvalue weighted by atomic mass is 16.7. The molecule has 0 amide bonds. The first-order valence-corrected chi connectivity index (χ1v) is 7.16. The van der Waals surface area contributed by atoms with Crippen LogP contribution in [0.25, 0.3) is 10.9 Å². The van der Waals surface area contributed by atoms with Crippen molar-refractivity contribution in [2.24, 2.45) is 0 Å². The zero-order chi connectivity index (χ0) is 15.9. The largest absolute Gasteiger partial charge is 0.374 e. The highest BCUT2D eigenvalue weighted by molar-refractivity contribution is 5.95. The van der Waals surface area contributed by atoms with Crippen LogP contribution < -0.4 is 5.32 Å². The summed E-state index contributed by atoms with van der Waals surface area (Å²) in [5.74, 6) is 0. The first-order valence-electron chi connectivity index (χ1n) is 7.16. The molecule has 0 aliphatic rings. The third-order valence-electron chi connectivity index (χ3n) is 3.10. The van der Waals surface area contributed by atoms with Crippen molar-refractivity contribution in [1.29, 1.82) is 0 Å². The summed E-state index contributed by atoms with van der Waals surface area (Å²) in [4.78, 5) is 14.9. The SMILES string of the molecule is CCOC(CNc1c([N+](=O)[O-])cnc2ccccc12)OCC. The van der Waals surface area contributed by atoms with Crippen molar-refractivity contribution in [3.63, 3.8) is 0 Å². The maximum absolute atomic E-state index is 11.2. The molecule has 7 nitrogen and oxygen atoms in total. The number of rotatable bonds is 8. The van der Waals surface area contributed by atoms with Gasteiger partial charge in [0.2, 0.25) is 0 Å². The molecule has 0 radical (unpaired) electrons. The van der Waals surface area contributed by atoms with E-state index in [1.54, 1.807) is 6.07 Å². The number of ether oxygens (including phenoxy) is 2. The molecular formula is C15H19N3O4. The lowest BCUT2D eigenvalue weighted by molar-refractivity contribution is -0.384. The van der Waals surface area contributed by atoms with E-state index in [1.807, 2.05) is 32.0 Å². The minimum absolute atomic E-state index is 0.0644. The number of benzene rings is 1. The topological polar surface area (TPSA) is 86.5 Å². The number of fused-ring (bicyclic) bond motifs is 1. The van der Waals surface area contributed by atoms with Crippen molar-refractivity contribution < 1.29 is 14.4 Å². The summed E-state index contributed by atoms with van der Waals surface area (Å²) in [5, 5.41) is 15.0. The molecule has 1 heterocycles. The van der Waals surface area contributed by atoms with Gasteiger partial charge in [-0.2, -0.15) is 0 Å². The molecule has 0 atom stereocenters. The zero-order valence-electron chi connectivity index (χ0n) is 12.6. The van der Waals surface area contributed by atoms with Crippen LogP contribution in [0.3, 0.4) is 0 Å². The Bertz CT molecular complexity index is 642. The van der Waals surface area contributed by atoms with E-state index in [4.69, 9.17) is 9.47 Å². The fourth-order valence-electron chi connectivity index (χ4n) is 2.18. The number of anilines is 1. The van der Waals surface area contributed by atoms with E-state index >= 15 is 0 Å². The predicted octanol–water partition coefficient (Wildman–Crippen LogP) is 2.95. The average molecular weight is 305 g/mol. The molecule has 2 aromatic rings. The Hall–Kier alpha value is -2.25. The molecule has 7 heteroatoms. The second kappa shape index (κ2) is 7.67. The van der Waals surface area contributed by atoms with Gasteiger partial charge in [-0.15, -0.1) is 0 Å². The van der Waals surface area contributed by atoms with Crippen LogP contribution in [0.5, 0.6) is 0 Å². The standard InChI is InChI=1S/C15H19N3O4/c1-3-21-14(22-4-2)10-17-15-11-7-5-6-8-12(11)16-9-13(15)18(19)20/h5-9,14H,3-4,10H2,1-2H3,(H,16,17). The van der Waals surface area contributed by atoms with Crippen molar-refractivity contribution in [3.05, 3.63) is 40.6 Å². The Kier molecular flexibility index (Phi) is 5.62. The number of nitro groups is 1. The molecule has 0 saturated carbocycles. The molecule has 1 aromatic carbocycles. The fraction of sp³-hybridized carbons (Fsp3) is 0.400. The molecule has 0 aliphatic heterocycles. The number of nitrogens with zero attached hydrogens (tertiary/aromatic N) is 2. The Morgan fingerprint density at radius 2 is 1.95 bits per heavy atom. The quantitative estimate of drug-likeness (QED) is 0.458. The van der Waals surface area contributed by atoms with Crippen LogP contribution in [0.15, 0.2) is 30.5 Å². The molecule has 118 valence electrons. The Labute approximate surface area is 128 Å². The van der Waals surface area contributed by atoms with Gasteiger partial charge in [0.1, 0.15) is 11.9 Å². The van der Waals surface area contributed by atoms with Gasteiger partial charge in [0, 0.05) is 18.6 Å². The molecule has 0 aliphatic carbocycles. The van der Waals surface area contributed by atoms with Crippen molar-refractivity contribution in [3.8, 4) is 0 Å². The van der Waals surface area contributed by atoms with Crippen LogP contribution in [0.4, 0.5) is 11.4 Å². The highest BCUT2D eigenvalue weighted by Crippen LogP contribution is 2.31. The van der Waals surface area contributed by atoms with Crippen LogP contribution in [0.1, 0.15) is 13.8 Å². The van der Waals surface area contributed by atoms with Gasteiger partial charge in [-0.3, -0.25) is 10.1 Å². The number of hydrogen-bond acceptors (Lipinski definition) is 6. The van der Waals surface area contributed by atoms with Gasteiger partial charge in [-0.05, 0) is 19.9 Å². The molecule has 1 N–H and O–H groups in total. The lowest BCUT2D eigenvalue weighted by Gasteiger charge is -2.18. The molecule has 0 bridgehead atoms. The minimum Gasteiger partial charge on any atom is -0.374 e. The number of aromatic nitrogens is 1. The lowest BCUT2D eigenvalue weighted by Crippen LogP contribution is -2.26. The van der Waals surface area contributed by atoms with Crippen LogP contribution in [-0.2, 0) is 9.47 Å². The maximum Gasteiger partial charge on any atom is 0.311 e. The minimum atomic E-state index is -0.457. The van der Waals surface area contributed by atoms with E-state index in [-0.39, 0.29) is 5.69 Å². The molecular weight excluding hydrogens is 286 g/mol. The fourth-order valence-corrected chi connectivity index (χ4v) is 2.18. The van der Waals surface area contributed by atoms with Gasteiger partial charge in [0.05, 0.1) is 17.0 Å². The van der Waals surface area contributed by atoms with E-state index in [0.29, 0.717) is 36.3 Å². The summed E-state index contributed by atoms with van der Waals surface area (Å²) >= 11 is 0. The van der Waals surface area contributed by atoms with Gasteiger partial charge >= 0.3 is 5.69 Å². The summed E-state index contributed by atoms with van der Waals surface area (Å²) in [7, 11) is 0. The monoisotopic (exact) mass is 305 g/mol. The third-order valence-corrected chi connectivity index (χ3v) is 3.10. The molecule has 0 unspecified atom stereocenters. The van der Waals surface area contributed by atoms with E-state index in [1.165, 1.54) is 6.20 Å². The van der Waals surface area contributed by atoms with E-state index < -0.39 is 11.2 Å². The zero-order valence-corrected chi connectivity index (χ0v) is 12.6. The first kappa shape index (κ1) is 16.1. The van der Waals surface area contributed by atoms with Crippen molar-refractivity contribution in [1.82, 2.24) is 4.98 Å². The van der Waals surface area contributed by atoms with Crippen LogP contribution >= 0.6 is 0 Å². The summed E-state index contributed by atoms with van der Waals surface area (Å²) in [6.07, 6.45) is 0.808. The Morgan fingerprint density at radius 3 is 2.59 bits per heavy atom. The van der Waals surface area contributed by atoms with Crippen LogP contribution in [0, 0.1) is 10.1 Å². The van der Waals surface area contributed by atoms with Crippen LogP contribution in [0.2, 0.25) is 0 Å². The first-order chi connectivity index (χ1) is 10.7. The third kappa shape index (κ3) is 3.69. The second-order valence-corrected chi connectivity index (χ2v) is 4.51. The lowest BCUT2D eigenvalue weighted by atomic mass is 10.1. The van der Waals surface area contributed by atoms with Gasteiger partial charge < -0.3 is 14.8 Å². The van der Waals surface area contributed by atoms with Crippen LogP contribution in [-0.4, -0.2) is 36.0 Å². The molecule has 22 heavy (non-hydrogen) atoms. The highest BCUT2D eigenvalue weighted by Gasteiger charge is 2.19. The number of nitrogens with one attached hydrogen (secondary N) is 1. The Morgan fingerprint density at radius 1 is 1.27 bits per heavy atom. The average Bonchev–Trinajstić information content (AvgIpc) is 2.52. The van der Waals surface area contributed by atoms with Gasteiger partial charge in [0.25, 0.3) is 0 Å². The number of para-hydroxylation sites is 1. The summed E-state index contributed by atoms with van der Waals surface area (Å²) < 4.78 is 10.9. The number of pyridine rings is 1. The van der Waals surface area contributed by atoms with Gasteiger partial charge in [-0.1, -0.05) is 18.2 Å². The Balaban J connectivity index is 2.31. The van der Waals surface area contributed by atoms with Crippen molar-refractivity contribution in [2.75, 3.05) is 25.1 Å². The molecule has 0 fully saturated rings. The molecule has 1 aromatic heterocycles. The number of hydrogen-bond donors (Lipinski definition) is 1. The van der Waals surface area contributed by atoms with Crippen molar-refractivity contribution in [2.45, 2.75) is 20.1 Å². The second-order valence-electron chi connectivity index (χ2n) is 4.51. The van der Waals surface area contributed by atoms with E-state index in [2.05, 4.69) is 10.3 Å².